The van der Waals surface area contributed by atoms with Crippen LogP contribution in [-0.4, -0.2) is 24.0 Å². The summed E-state index contributed by atoms with van der Waals surface area (Å²) in [6.07, 6.45) is 5.86. The standard InChI is InChI=1S/C15H18N.Li/c1-2-10-16-11-9-14-13-6-4-3-5-12(13)7-8-15(14)16;/h2-5,14-15H,1,7-11H2;/q-1;+1/t14-,15+;/m0./s1. The molecule has 1 aliphatic carbocycles. The molecule has 0 N–H and O–H groups in total. The first-order chi connectivity index (χ1) is 7.90. The molecular weight excluding hydrogens is 201 g/mol. The van der Waals surface area contributed by atoms with Crippen molar-refractivity contribution in [3.05, 3.63) is 48.0 Å². The van der Waals surface area contributed by atoms with Crippen LogP contribution in [0.5, 0.6) is 0 Å². The number of nitrogens with zero attached hydrogens (tertiary/aromatic N) is 1. The van der Waals surface area contributed by atoms with E-state index in [1.165, 1.54) is 36.9 Å². The first-order valence-electron chi connectivity index (χ1n) is 6.24. The molecule has 1 aliphatic heterocycles. The van der Waals surface area contributed by atoms with Crippen molar-refractivity contribution in [3.63, 3.8) is 0 Å². The number of rotatable bonds is 2. The van der Waals surface area contributed by atoms with Gasteiger partial charge in [-0.2, -0.15) is 35.4 Å². The zero-order chi connectivity index (χ0) is 11.0. The SMILES string of the molecule is C=CCN1CC[C@H]2c3[c-]cccc3CC[C@H]21.[Li+]. The van der Waals surface area contributed by atoms with Crippen molar-refractivity contribution in [1.82, 2.24) is 4.90 Å². The van der Waals surface area contributed by atoms with Crippen molar-refractivity contribution in [2.24, 2.45) is 0 Å². The quantitative estimate of drug-likeness (QED) is 0.378. The van der Waals surface area contributed by atoms with Crippen LogP contribution in [0.2, 0.25) is 0 Å². The summed E-state index contributed by atoms with van der Waals surface area (Å²) in [7, 11) is 0. The molecular formula is C15H18LiN. The molecule has 2 heteroatoms. The maximum absolute atomic E-state index is 3.86. The van der Waals surface area contributed by atoms with E-state index in [2.05, 4.69) is 35.7 Å². The van der Waals surface area contributed by atoms with Gasteiger partial charge in [0.15, 0.2) is 0 Å². The minimum absolute atomic E-state index is 0. The van der Waals surface area contributed by atoms with Crippen LogP contribution in [0.3, 0.4) is 0 Å². The van der Waals surface area contributed by atoms with E-state index < -0.39 is 0 Å². The largest absolute Gasteiger partial charge is 1.00 e. The van der Waals surface area contributed by atoms with Crippen LogP contribution in [0.4, 0.5) is 0 Å². The van der Waals surface area contributed by atoms with Gasteiger partial charge in [-0.3, -0.25) is 4.90 Å². The van der Waals surface area contributed by atoms with E-state index in [1.807, 2.05) is 6.08 Å². The topological polar surface area (TPSA) is 3.24 Å². The zero-order valence-corrected chi connectivity index (χ0v) is 10.7. The van der Waals surface area contributed by atoms with Crippen LogP contribution in [0.1, 0.15) is 29.9 Å². The van der Waals surface area contributed by atoms with E-state index in [-0.39, 0.29) is 18.9 Å². The van der Waals surface area contributed by atoms with Crippen molar-refractivity contribution in [2.75, 3.05) is 13.1 Å². The Bertz CT molecular complexity index is 402. The van der Waals surface area contributed by atoms with Gasteiger partial charge in [0.25, 0.3) is 0 Å². The molecule has 0 saturated carbocycles. The Kier molecular flexibility index (Phi) is 4.15. The monoisotopic (exact) mass is 219 g/mol. The predicted molar refractivity (Wildman–Crippen MR) is 66.5 cm³/mol. The maximum atomic E-state index is 3.86. The summed E-state index contributed by atoms with van der Waals surface area (Å²) in [5, 5.41) is 0. The summed E-state index contributed by atoms with van der Waals surface area (Å²) >= 11 is 0. The molecule has 0 unspecified atom stereocenters. The molecule has 0 radical (unpaired) electrons. The molecule has 3 rings (SSSR count). The normalized spacial score (nSPS) is 26.8. The van der Waals surface area contributed by atoms with Crippen LogP contribution in [0.15, 0.2) is 30.9 Å². The number of fused-ring (bicyclic) bond motifs is 3. The molecule has 2 aliphatic rings. The maximum Gasteiger partial charge on any atom is 1.00 e. The van der Waals surface area contributed by atoms with E-state index in [1.54, 1.807) is 0 Å². The average molecular weight is 219 g/mol. The molecule has 2 atom stereocenters. The smallest absolute Gasteiger partial charge is 0.296 e. The second-order valence-electron chi connectivity index (χ2n) is 4.89. The fourth-order valence-electron chi connectivity index (χ4n) is 3.38. The number of hydrogen-bond donors (Lipinski definition) is 0. The van der Waals surface area contributed by atoms with Gasteiger partial charge in [0.05, 0.1) is 0 Å². The zero-order valence-electron chi connectivity index (χ0n) is 10.7. The third-order valence-corrected chi connectivity index (χ3v) is 4.08. The fraction of sp³-hybridized carbons (Fsp3) is 0.467. The van der Waals surface area contributed by atoms with Gasteiger partial charge in [-0.25, -0.2) is 0 Å². The summed E-state index contributed by atoms with van der Waals surface area (Å²) in [6.45, 7) is 6.13. The Morgan fingerprint density at radius 1 is 1.47 bits per heavy atom. The molecule has 0 aromatic heterocycles. The molecule has 1 saturated heterocycles. The number of hydrogen-bond acceptors (Lipinski definition) is 1. The molecule has 1 nitrogen and oxygen atoms in total. The van der Waals surface area contributed by atoms with E-state index in [0.717, 1.165) is 18.5 Å². The molecule has 84 valence electrons. The molecule has 1 heterocycles. The van der Waals surface area contributed by atoms with Crippen LogP contribution in [0.25, 0.3) is 0 Å². The second-order valence-corrected chi connectivity index (χ2v) is 4.89. The Balaban J connectivity index is 0.00000108. The van der Waals surface area contributed by atoms with Gasteiger partial charge in [-0.15, -0.1) is 6.58 Å². The number of benzene rings is 1. The Morgan fingerprint density at radius 3 is 3.18 bits per heavy atom. The average Bonchev–Trinajstić information content (AvgIpc) is 2.73. The third kappa shape index (κ3) is 2.25. The van der Waals surface area contributed by atoms with Crippen molar-refractivity contribution in [3.8, 4) is 0 Å². The second kappa shape index (κ2) is 5.44. The van der Waals surface area contributed by atoms with Crippen molar-refractivity contribution in [1.29, 1.82) is 0 Å². The first kappa shape index (κ1) is 13.0. The van der Waals surface area contributed by atoms with Gasteiger partial charge in [0.1, 0.15) is 0 Å². The van der Waals surface area contributed by atoms with Crippen LogP contribution in [-0.2, 0) is 6.42 Å². The number of likely N-dealkylation sites (tertiary alicyclic amines) is 1. The summed E-state index contributed by atoms with van der Waals surface area (Å²) < 4.78 is 0. The van der Waals surface area contributed by atoms with E-state index in [0.29, 0.717) is 0 Å². The number of aryl methyl sites for hydroxylation is 1. The van der Waals surface area contributed by atoms with E-state index >= 15 is 0 Å². The van der Waals surface area contributed by atoms with Gasteiger partial charge in [-0.1, -0.05) is 12.5 Å². The summed E-state index contributed by atoms with van der Waals surface area (Å²) in [6, 6.07) is 10.7. The Hall–Kier alpha value is -0.483. The van der Waals surface area contributed by atoms with Crippen molar-refractivity contribution in [2.45, 2.75) is 31.2 Å². The van der Waals surface area contributed by atoms with Gasteiger partial charge in [-0.05, 0) is 25.3 Å². The Labute approximate surface area is 116 Å². The van der Waals surface area contributed by atoms with Crippen LogP contribution >= 0.6 is 0 Å². The minimum Gasteiger partial charge on any atom is -0.296 e. The fourth-order valence-corrected chi connectivity index (χ4v) is 3.38. The third-order valence-electron chi connectivity index (χ3n) is 4.08. The summed E-state index contributed by atoms with van der Waals surface area (Å²) in [5.41, 5.74) is 3.02. The van der Waals surface area contributed by atoms with Crippen molar-refractivity contribution >= 4 is 0 Å². The Morgan fingerprint density at radius 2 is 2.35 bits per heavy atom. The molecule has 0 bridgehead atoms. The predicted octanol–water partition coefficient (Wildman–Crippen LogP) is -0.219. The van der Waals surface area contributed by atoms with E-state index in [4.69, 9.17) is 0 Å². The molecule has 1 fully saturated rings. The van der Waals surface area contributed by atoms with Crippen LogP contribution < -0.4 is 18.9 Å². The molecule has 17 heavy (non-hydrogen) atoms. The molecule has 1 aromatic rings. The molecule has 0 amide bonds. The van der Waals surface area contributed by atoms with Gasteiger partial charge in [0, 0.05) is 12.6 Å². The summed E-state index contributed by atoms with van der Waals surface area (Å²) in [5.74, 6) is 0.727. The molecule has 1 aromatic carbocycles. The van der Waals surface area contributed by atoms with Gasteiger partial charge in [0.2, 0.25) is 0 Å². The first-order valence-corrected chi connectivity index (χ1v) is 6.24. The minimum atomic E-state index is 0. The van der Waals surface area contributed by atoms with Gasteiger partial charge >= 0.3 is 18.9 Å². The van der Waals surface area contributed by atoms with Crippen LogP contribution in [0, 0.1) is 6.07 Å². The van der Waals surface area contributed by atoms with E-state index in [9.17, 15) is 0 Å². The molecule has 0 spiro atoms. The van der Waals surface area contributed by atoms with Gasteiger partial charge < -0.3 is 0 Å². The van der Waals surface area contributed by atoms with Crippen molar-refractivity contribution < 1.29 is 18.9 Å². The summed E-state index contributed by atoms with van der Waals surface area (Å²) in [4.78, 5) is 2.58.